The van der Waals surface area contributed by atoms with Crippen LogP contribution in [0.1, 0.15) is 42.3 Å². The molecule has 8 heteroatoms. The normalized spacial score (nSPS) is 11.2. The van der Waals surface area contributed by atoms with Crippen LogP contribution in [0.15, 0.2) is 64.5 Å². The van der Waals surface area contributed by atoms with Gasteiger partial charge in [-0.1, -0.05) is 48.5 Å². The Morgan fingerprint density at radius 3 is 2.52 bits per heavy atom. The standard InChI is InChI=1S/C23H21N5O3/c1-23(2,3)31-21(30)17-12-8-7-11-16(17)14-25-28-22-26-19(15-9-5-4-6-10-15)18(13-24)20(29)27-22/h4-12,14H,1-3H3,(H2,26,27,28,29). The molecule has 0 spiro atoms. The Morgan fingerprint density at radius 2 is 1.84 bits per heavy atom. The van der Waals surface area contributed by atoms with Crippen molar-refractivity contribution in [1.82, 2.24) is 9.97 Å². The van der Waals surface area contributed by atoms with E-state index in [2.05, 4.69) is 20.5 Å². The van der Waals surface area contributed by atoms with Gasteiger partial charge in [0.05, 0.1) is 17.5 Å². The lowest BCUT2D eigenvalue weighted by Gasteiger charge is -2.20. The van der Waals surface area contributed by atoms with Crippen molar-refractivity contribution in [2.45, 2.75) is 26.4 Å². The second-order valence-corrected chi connectivity index (χ2v) is 7.58. The molecule has 0 atom stereocenters. The number of nitrogens with one attached hydrogen (secondary N) is 2. The van der Waals surface area contributed by atoms with Crippen LogP contribution in [0.4, 0.5) is 5.95 Å². The Morgan fingerprint density at radius 1 is 1.16 bits per heavy atom. The number of nitriles is 1. The second kappa shape index (κ2) is 9.05. The number of rotatable bonds is 5. The van der Waals surface area contributed by atoms with E-state index in [1.807, 2.05) is 12.1 Å². The van der Waals surface area contributed by atoms with Crippen molar-refractivity contribution in [2.24, 2.45) is 5.10 Å². The van der Waals surface area contributed by atoms with Gasteiger partial charge in [-0.25, -0.2) is 15.2 Å². The first-order chi connectivity index (χ1) is 14.8. The van der Waals surface area contributed by atoms with Gasteiger partial charge in [0, 0.05) is 11.1 Å². The number of carbonyl (C=O) groups is 1. The Hall–Kier alpha value is -4.25. The number of anilines is 1. The summed E-state index contributed by atoms with van der Waals surface area (Å²) in [6.45, 7) is 5.38. The Bertz CT molecular complexity index is 1220. The van der Waals surface area contributed by atoms with E-state index in [0.29, 0.717) is 16.7 Å². The molecule has 156 valence electrons. The maximum Gasteiger partial charge on any atom is 0.339 e. The summed E-state index contributed by atoms with van der Waals surface area (Å²) in [4.78, 5) is 31.5. The van der Waals surface area contributed by atoms with E-state index in [1.165, 1.54) is 6.21 Å². The minimum Gasteiger partial charge on any atom is -0.456 e. The molecule has 3 rings (SSSR count). The highest BCUT2D eigenvalue weighted by atomic mass is 16.6. The monoisotopic (exact) mass is 415 g/mol. The summed E-state index contributed by atoms with van der Waals surface area (Å²) in [7, 11) is 0. The van der Waals surface area contributed by atoms with Crippen molar-refractivity contribution in [2.75, 3.05) is 5.43 Å². The Labute approximate surface area is 179 Å². The fourth-order valence-corrected chi connectivity index (χ4v) is 2.73. The predicted octanol–water partition coefficient (Wildman–Crippen LogP) is 3.71. The largest absolute Gasteiger partial charge is 0.456 e. The fraction of sp³-hybridized carbons (Fsp3) is 0.174. The average Bonchev–Trinajstić information content (AvgIpc) is 2.73. The molecule has 2 aromatic carbocycles. The first-order valence-electron chi connectivity index (χ1n) is 9.50. The quantitative estimate of drug-likeness (QED) is 0.372. The molecule has 0 aliphatic carbocycles. The van der Waals surface area contributed by atoms with Crippen molar-refractivity contribution in [3.05, 3.63) is 81.6 Å². The van der Waals surface area contributed by atoms with Crippen LogP contribution < -0.4 is 11.0 Å². The molecule has 0 radical (unpaired) electrons. The molecule has 0 bridgehead atoms. The van der Waals surface area contributed by atoms with Crippen LogP contribution in [0.3, 0.4) is 0 Å². The smallest absolute Gasteiger partial charge is 0.339 e. The zero-order chi connectivity index (χ0) is 22.4. The number of aromatic nitrogens is 2. The fourth-order valence-electron chi connectivity index (χ4n) is 2.73. The first-order valence-corrected chi connectivity index (χ1v) is 9.50. The Balaban J connectivity index is 1.88. The van der Waals surface area contributed by atoms with Crippen LogP contribution in [-0.4, -0.2) is 27.8 Å². The van der Waals surface area contributed by atoms with Gasteiger partial charge < -0.3 is 4.74 Å². The highest BCUT2D eigenvalue weighted by Crippen LogP contribution is 2.19. The zero-order valence-electron chi connectivity index (χ0n) is 17.3. The lowest BCUT2D eigenvalue weighted by atomic mass is 10.1. The van der Waals surface area contributed by atoms with Crippen molar-refractivity contribution >= 4 is 18.1 Å². The van der Waals surface area contributed by atoms with Crippen molar-refractivity contribution in [1.29, 1.82) is 5.26 Å². The number of hydrogen-bond donors (Lipinski definition) is 2. The van der Waals surface area contributed by atoms with Crippen molar-refractivity contribution < 1.29 is 9.53 Å². The van der Waals surface area contributed by atoms with E-state index < -0.39 is 17.1 Å². The van der Waals surface area contributed by atoms with E-state index in [1.54, 1.807) is 69.3 Å². The molecule has 0 unspecified atom stereocenters. The number of nitrogens with zero attached hydrogens (tertiary/aromatic N) is 3. The molecule has 3 aromatic rings. The summed E-state index contributed by atoms with van der Waals surface area (Å²) in [5.74, 6) is -0.403. The molecule has 0 aliphatic rings. The molecule has 31 heavy (non-hydrogen) atoms. The van der Waals surface area contributed by atoms with Crippen LogP contribution in [0.2, 0.25) is 0 Å². The third-order valence-electron chi connectivity index (χ3n) is 4.03. The van der Waals surface area contributed by atoms with E-state index in [9.17, 15) is 14.9 Å². The van der Waals surface area contributed by atoms with Gasteiger partial charge in [0.2, 0.25) is 5.95 Å². The minimum atomic E-state index is -0.626. The number of hydrogen-bond acceptors (Lipinski definition) is 7. The minimum absolute atomic E-state index is 0.0638. The SMILES string of the molecule is CC(C)(C)OC(=O)c1ccccc1C=NNc1nc(-c2ccccc2)c(C#N)c(=O)[nH]1. The summed E-state index contributed by atoms with van der Waals surface area (Å²) in [6, 6.07) is 17.7. The first kappa shape index (κ1) is 21.5. The van der Waals surface area contributed by atoms with Crippen LogP contribution in [0.25, 0.3) is 11.3 Å². The van der Waals surface area contributed by atoms with Gasteiger partial charge in [0.15, 0.2) is 0 Å². The van der Waals surface area contributed by atoms with Crippen LogP contribution in [0, 0.1) is 11.3 Å². The summed E-state index contributed by atoms with van der Waals surface area (Å²) < 4.78 is 5.42. The van der Waals surface area contributed by atoms with Gasteiger partial charge in [-0.05, 0) is 26.8 Å². The molecule has 0 saturated carbocycles. The summed E-state index contributed by atoms with van der Waals surface area (Å²) in [6.07, 6.45) is 1.43. The summed E-state index contributed by atoms with van der Waals surface area (Å²) in [5.41, 5.74) is 3.13. The van der Waals surface area contributed by atoms with Gasteiger partial charge in [-0.3, -0.25) is 9.78 Å². The lowest BCUT2D eigenvalue weighted by molar-refractivity contribution is 0.00694. The van der Waals surface area contributed by atoms with E-state index in [4.69, 9.17) is 4.74 Å². The Kier molecular flexibility index (Phi) is 6.26. The third kappa shape index (κ3) is 5.42. The molecule has 1 aromatic heterocycles. The number of hydrazone groups is 1. The summed E-state index contributed by atoms with van der Waals surface area (Å²) in [5, 5.41) is 13.4. The topological polar surface area (TPSA) is 120 Å². The van der Waals surface area contributed by atoms with Gasteiger partial charge in [0.25, 0.3) is 5.56 Å². The van der Waals surface area contributed by atoms with E-state index in [-0.39, 0.29) is 17.2 Å². The number of esters is 1. The molecule has 0 saturated heterocycles. The molecule has 1 heterocycles. The van der Waals surface area contributed by atoms with Crippen molar-refractivity contribution in [3.63, 3.8) is 0 Å². The lowest BCUT2D eigenvalue weighted by Crippen LogP contribution is -2.24. The van der Waals surface area contributed by atoms with Gasteiger partial charge in [-0.2, -0.15) is 10.4 Å². The van der Waals surface area contributed by atoms with Crippen molar-refractivity contribution in [3.8, 4) is 17.3 Å². The molecule has 0 aliphatic heterocycles. The van der Waals surface area contributed by atoms with E-state index >= 15 is 0 Å². The average molecular weight is 415 g/mol. The number of carbonyl (C=O) groups excluding carboxylic acids is 1. The maximum absolute atomic E-state index is 12.4. The highest BCUT2D eigenvalue weighted by molar-refractivity contribution is 5.99. The number of H-pyrrole nitrogens is 1. The number of benzene rings is 2. The molecule has 2 N–H and O–H groups in total. The zero-order valence-corrected chi connectivity index (χ0v) is 17.3. The second-order valence-electron chi connectivity index (χ2n) is 7.58. The highest BCUT2D eigenvalue weighted by Gasteiger charge is 2.19. The molecule has 0 fully saturated rings. The van der Waals surface area contributed by atoms with E-state index in [0.717, 1.165) is 0 Å². The third-order valence-corrected chi connectivity index (χ3v) is 4.03. The number of aromatic amines is 1. The van der Waals surface area contributed by atoms with Gasteiger partial charge in [-0.15, -0.1) is 0 Å². The molecular weight excluding hydrogens is 394 g/mol. The van der Waals surface area contributed by atoms with Gasteiger partial charge >= 0.3 is 5.97 Å². The van der Waals surface area contributed by atoms with Crippen LogP contribution in [-0.2, 0) is 4.74 Å². The number of ether oxygens (including phenoxy) is 1. The predicted molar refractivity (Wildman–Crippen MR) is 118 cm³/mol. The summed E-state index contributed by atoms with van der Waals surface area (Å²) >= 11 is 0. The maximum atomic E-state index is 12.4. The van der Waals surface area contributed by atoms with Gasteiger partial charge in [0.1, 0.15) is 17.2 Å². The molecule has 0 amide bonds. The molecular formula is C23H21N5O3. The van der Waals surface area contributed by atoms with Crippen LogP contribution >= 0.6 is 0 Å². The molecule has 8 nitrogen and oxygen atoms in total. The van der Waals surface area contributed by atoms with Crippen LogP contribution in [0.5, 0.6) is 0 Å².